The number of fused-ring (bicyclic) bond motifs is 1. The predicted octanol–water partition coefficient (Wildman–Crippen LogP) is 3.56. The molecule has 4 rings (SSSR count). The second-order valence-electron chi connectivity index (χ2n) is 6.34. The number of ether oxygens (including phenoxy) is 2. The summed E-state index contributed by atoms with van der Waals surface area (Å²) in [6.07, 6.45) is 0. The predicted molar refractivity (Wildman–Crippen MR) is 109 cm³/mol. The molecule has 1 amide bonds. The van der Waals surface area contributed by atoms with Gasteiger partial charge in [0.05, 0.1) is 19.6 Å². The van der Waals surface area contributed by atoms with Gasteiger partial charge in [-0.25, -0.2) is 4.98 Å². The van der Waals surface area contributed by atoms with Crippen LogP contribution in [0.5, 0.6) is 11.5 Å². The van der Waals surface area contributed by atoms with Gasteiger partial charge < -0.3 is 19.7 Å². The Labute approximate surface area is 167 Å². The van der Waals surface area contributed by atoms with Crippen LogP contribution in [-0.2, 0) is 17.9 Å². The first kappa shape index (κ1) is 18.3. The van der Waals surface area contributed by atoms with Crippen LogP contribution in [-0.4, -0.2) is 35.5 Å². The number of rotatable bonds is 7. The molecule has 1 aliphatic rings. The highest BCUT2D eigenvalue weighted by Gasteiger charge is 2.22. The first-order valence-corrected chi connectivity index (χ1v) is 10.0. The Balaban J connectivity index is 1.39. The van der Waals surface area contributed by atoms with E-state index in [1.165, 1.54) is 4.88 Å². The molecule has 0 spiro atoms. The van der Waals surface area contributed by atoms with Crippen LogP contribution in [0.3, 0.4) is 0 Å². The minimum absolute atomic E-state index is 0.0159. The third kappa shape index (κ3) is 4.61. The van der Waals surface area contributed by atoms with Gasteiger partial charge in [-0.15, -0.1) is 11.3 Å². The van der Waals surface area contributed by atoms with Crippen molar-refractivity contribution in [3.05, 3.63) is 70.5 Å². The highest BCUT2D eigenvalue weighted by atomic mass is 32.1. The molecule has 7 heteroatoms. The number of para-hydroxylation sites is 1. The zero-order valence-electron chi connectivity index (χ0n) is 15.3. The van der Waals surface area contributed by atoms with Gasteiger partial charge in [-0.1, -0.05) is 24.3 Å². The molecular formula is C21H21N3O3S. The average Bonchev–Trinajstić information content (AvgIpc) is 3.19. The van der Waals surface area contributed by atoms with E-state index in [1.807, 2.05) is 48.5 Å². The molecule has 3 heterocycles. The summed E-state index contributed by atoms with van der Waals surface area (Å²) in [5.41, 5.74) is 0.752. The summed E-state index contributed by atoms with van der Waals surface area (Å²) in [6.45, 7) is 2.03. The minimum Gasteiger partial charge on any atom is -0.492 e. The average molecular weight is 395 g/mol. The number of benzene rings is 1. The molecule has 0 aliphatic carbocycles. The Hall–Kier alpha value is -3.06. The standard InChI is InChI=1S/C21H21N3O3S/c25-21-15-27-19-8-9-20(22-13-17-7-4-12-28-17)23-18(19)14-24(21)10-11-26-16-5-2-1-3-6-16/h1-9,12H,10-11,13-15H2,(H,22,23). The second kappa shape index (κ2) is 8.75. The number of amides is 1. The van der Waals surface area contributed by atoms with Crippen molar-refractivity contribution < 1.29 is 14.3 Å². The normalized spacial score (nSPS) is 13.4. The SMILES string of the molecule is O=C1COc2ccc(NCc3cccs3)nc2CN1CCOc1ccccc1. The molecule has 6 nitrogen and oxygen atoms in total. The van der Waals surface area contributed by atoms with Crippen molar-refractivity contribution in [3.8, 4) is 11.5 Å². The Bertz CT molecular complexity index is 916. The van der Waals surface area contributed by atoms with Crippen LogP contribution in [0.1, 0.15) is 10.6 Å². The van der Waals surface area contributed by atoms with E-state index < -0.39 is 0 Å². The lowest BCUT2D eigenvalue weighted by molar-refractivity contribution is -0.133. The smallest absolute Gasteiger partial charge is 0.260 e. The maximum Gasteiger partial charge on any atom is 0.260 e. The van der Waals surface area contributed by atoms with E-state index in [2.05, 4.69) is 21.7 Å². The molecule has 1 aromatic carbocycles. The van der Waals surface area contributed by atoms with E-state index in [9.17, 15) is 4.79 Å². The number of hydrogen-bond acceptors (Lipinski definition) is 6. The van der Waals surface area contributed by atoms with Gasteiger partial charge in [-0.05, 0) is 35.7 Å². The van der Waals surface area contributed by atoms with Crippen LogP contribution < -0.4 is 14.8 Å². The minimum atomic E-state index is -0.0669. The highest BCUT2D eigenvalue weighted by molar-refractivity contribution is 7.09. The zero-order valence-corrected chi connectivity index (χ0v) is 16.2. The lowest BCUT2D eigenvalue weighted by Crippen LogP contribution is -2.35. The van der Waals surface area contributed by atoms with Gasteiger partial charge in [0.15, 0.2) is 6.61 Å². The Morgan fingerprint density at radius 1 is 1.14 bits per heavy atom. The third-order valence-corrected chi connectivity index (χ3v) is 5.25. The van der Waals surface area contributed by atoms with Gasteiger partial charge in [0.2, 0.25) is 0 Å². The van der Waals surface area contributed by atoms with E-state index in [0.29, 0.717) is 25.4 Å². The largest absolute Gasteiger partial charge is 0.492 e. The monoisotopic (exact) mass is 395 g/mol. The molecule has 144 valence electrons. The topological polar surface area (TPSA) is 63.7 Å². The highest BCUT2D eigenvalue weighted by Crippen LogP contribution is 2.24. The van der Waals surface area contributed by atoms with E-state index in [-0.39, 0.29) is 12.5 Å². The van der Waals surface area contributed by atoms with Crippen molar-refractivity contribution in [1.82, 2.24) is 9.88 Å². The first-order valence-electron chi connectivity index (χ1n) is 9.12. The van der Waals surface area contributed by atoms with Crippen LogP contribution >= 0.6 is 11.3 Å². The number of aromatic nitrogens is 1. The van der Waals surface area contributed by atoms with Gasteiger partial charge in [0.25, 0.3) is 5.91 Å². The fourth-order valence-electron chi connectivity index (χ4n) is 2.92. The number of hydrogen-bond donors (Lipinski definition) is 1. The molecule has 1 N–H and O–H groups in total. The molecular weight excluding hydrogens is 374 g/mol. The molecule has 1 aliphatic heterocycles. The van der Waals surface area contributed by atoms with Crippen LogP contribution in [0.15, 0.2) is 60.0 Å². The van der Waals surface area contributed by atoms with Crippen LogP contribution in [0.4, 0.5) is 5.82 Å². The van der Waals surface area contributed by atoms with Gasteiger partial charge in [0.1, 0.15) is 29.6 Å². The van der Waals surface area contributed by atoms with Gasteiger partial charge in [-0.2, -0.15) is 0 Å². The van der Waals surface area contributed by atoms with E-state index in [1.54, 1.807) is 16.2 Å². The van der Waals surface area contributed by atoms with E-state index >= 15 is 0 Å². The fraction of sp³-hybridized carbons (Fsp3) is 0.238. The molecule has 3 aromatic rings. The number of nitrogens with one attached hydrogen (secondary N) is 1. The van der Waals surface area contributed by atoms with Crippen molar-refractivity contribution in [3.63, 3.8) is 0 Å². The molecule has 0 fully saturated rings. The second-order valence-corrected chi connectivity index (χ2v) is 7.37. The van der Waals surface area contributed by atoms with Crippen LogP contribution in [0, 0.1) is 0 Å². The number of carbonyl (C=O) groups is 1. The summed E-state index contributed by atoms with van der Waals surface area (Å²) in [5.74, 6) is 2.15. The maximum atomic E-state index is 12.4. The summed E-state index contributed by atoms with van der Waals surface area (Å²) < 4.78 is 11.4. The van der Waals surface area contributed by atoms with E-state index in [0.717, 1.165) is 23.8 Å². The summed E-state index contributed by atoms with van der Waals surface area (Å²) in [5, 5.41) is 5.38. The molecule has 0 saturated heterocycles. The summed E-state index contributed by atoms with van der Waals surface area (Å²) in [6, 6.07) is 17.4. The molecule has 0 radical (unpaired) electrons. The molecule has 2 aromatic heterocycles. The molecule has 0 saturated carbocycles. The lowest BCUT2D eigenvalue weighted by Gasteiger charge is -2.20. The Kier molecular flexibility index (Phi) is 5.72. The van der Waals surface area contributed by atoms with Crippen molar-refractivity contribution in [1.29, 1.82) is 0 Å². The fourth-order valence-corrected chi connectivity index (χ4v) is 3.56. The Morgan fingerprint density at radius 2 is 2.04 bits per heavy atom. The van der Waals surface area contributed by atoms with Gasteiger partial charge in [0, 0.05) is 4.88 Å². The van der Waals surface area contributed by atoms with Crippen LogP contribution in [0.25, 0.3) is 0 Å². The zero-order chi connectivity index (χ0) is 19.2. The van der Waals surface area contributed by atoms with Crippen molar-refractivity contribution in [2.75, 3.05) is 25.1 Å². The maximum absolute atomic E-state index is 12.4. The summed E-state index contributed by atoms with van der Waals surface area (Å²) in [4.78, 5) is 20.0. The number of pyridine rings is 1. The van der Waals surface area contributed by atoms with Crippen molar-refractivity contribution in [2.24, 2.45) is 0 Å². The third-order valence-electron chi connectivity index (χ3n) is 4.37. The van der Waals surface area contributed by atoms with Crippen LogP contribution in [0.2, 0.25) is 0 Å². The lowest BCUT2D eigenvalue weighted by atomic mass is 10.3. The van der Waals surface area contributed by atoms with Crippen molar-refractivity contribution >= 4 is 23.1 Å². The number of thiophene rings is 1. The number of nitrogens with zero attached hydrogens (tertiary/aromatic N) is 2. The number of anilines is 1. The summed E-state index contributed by atoms with van der Waals surface area (Å²) >= 11 is 1.70. The van der Waals surface area contributed by atoms with E-state index in [4.69, 9.17) is 9.47 Å². The molecule has 0 atom stereocenters. The van der Waals surface area contributed by atoms with Crippen molar-refractivity contribution in [2.45, 2.75) is 13.1 Å². The van der Waals surface area contributed by atoms with Gasteiger partial charge >= 0.3 is 0 Å². The quantitative estimate of drug-likeness (QED) is 0.663. The molecule has 0 bridgehead atoms. The molecule has 0 unspecified atom stereocenters. The van der Waals surface area contributed by atoms with Gasteiger partial charge in [-0.3, -0.25) is 4.79 Å². The Morgan fingerprint density at radius 3 is 2.86 bits per heavy atom. The first-order chi connectivity index (χ1) is 13.8. The summed E-state index contributed by atoms with van der Waals surface area (Å²) in [7, 11) is 0. The molecule has 28 heavy (non-hydrogen) atoms. The number of carbonyl (C=O) groups excluding carboxylic acids is 1.